The number of nitrogens with one attached hydrogen (secondary N) is 1. The largest absolute Gasteiger partial charge is 0.481 e. The Labute approximate surface area is 179 Å². The van der Waals surface area contributed by atoms with Gasteiger partial charge in [-0.3, -0.25) is 13.9 Å². The van der Waals surface area contributed by atoms with Crippen molar-refractivity contribution in [3.63, 3.8) is 0 Å². The minimum atomic E-state index is -3.73. The zero-order valence-corrected chi connectivity index (χ0v) is 17.2. The molecule has 0 spiro atoms. The lowest BCUT2D eigenvalue weighted by molar-refractivity contribution is -0.145. The molecule has 2 N–H and O–H groups in total. The first-order valence-electron chi connectivity index (χ1n) is 9.94. The normalized spacial score (nSPS) is 26.1. The number of carboxylic acid groups (broad SMARTS) is 1. The number of benzene rings is 2. The van der Waals surface area contributed by atoms with E-state index in [9.17, 15) is 23.1 Å². The van der Waals surface area contributed by atoms with Crippen LogP contribution in [0.4, 0.5) is 11.4 Å². The van der Waals surface area contributed by atoms with Crippen LogP contribution in [0.1, 0.15) is 5.56 Å². The second-order valence-corrected chi connectivity index (χ2v) is 9.67. The molecule has 0 saturated carbocycles. The van der Waals surface area contributed by atoms with E-state index in [1.807, 2.05) is 18.2 Å². The van der Waals surface area contributed by atoms with Crippen molar-refractivity contribution in [2.24, 2.45) is 11.8 Å². The van der Waals surface area contributed by atoms with Gasteiger partial charge in [-0.2, -0.15) is 0 Å². The van der Waals surface area contributed by atoms with E-state index in [0.29, 0.717) is 24.3 Å². The van der Waals surface area contributed by atoms with Crippen LogP contribution in [0.2, 0.25) is 0 Å². The number of ether oxygens (including phenoxy) is 1. The molecule has 8 nitrogen and oxygen atoms in total. The van der Waals surface area contributed by atoms with Gasteiger partial charge in [-0.1, -0.05) is 30.4 Å². The van der Waals surface area contributed by atoms with E-state index < -0.39 is 45.9 Å². The van der Waals surface area contributed by atoms with Gasteiger partial charge in [-0.15, -0.1) is 0 Å². The zero-order valence-electron chi connectivity index (χ0n) is 16.3. The molecule has 1 amide bonds. The molecule has 5 rings (SSSR count). The van der Waals surface area contributed by atoms with Crippen LogP contribution in [0.5, 0.6) is 0 Å². The first kappa shape index (κ1) is 19.8. The van der Waals surface area contributed by atoms with Crippen molar-refractivity contribution in [1.82, 2.24) is 0 Å². The van der Waals surface area contributed by atoms with Crippen molar-refractivity contribution in [3.05, 3.63) is 66.2 Å². The maximum atomic E-state index is 13.1. The van der Waals surface area contributed by atoms with E-state index in [0.717, 1.165) is 5.56 Å². The second kappa shape index (κ2) is 7.21. The predicted octanol–water partition coefficient (Wildman–Crippen LogP) is 2.03. The third-order valence-electron chi connectivity index (χ3n) is 6.04. The molecule has 2 aromatic rings. The van der Waals surface area contributed by atoms with Gasteiger partial charge in [0, 0.05) is 12.2 Å². The summed E-state index contributed by atoms with van der Waals surface area (Å²) in [6.07, 6.45) is 2.87. The van der Waals surface area contributed by atoms with Crippen molar-refractivity contribution in [3.8, 4) is 0 Å². The summed E-state index contributed by atoms with van der Waals surface area (Å²) in [5, 5.41) is 12.1. The SMILES string of the molecule is O=C(Nc1ccc(S(=O)(=O)N2CCc3ccccc32)cc1)[C@@H]1[C@H](C(=O)O)[C@H]2C=C[C@H]1O2. The van der Waals surface area contributed by atoms with E-state index in [2.05, 4.69) is 5.32 Å². The van der Waals surface area contributed by atoms with E-state index in [4.69, 9.17) is 4.74 Å². The van der Waals surface area contributed by atoms with Crippen LogP contribution in [0.3, 0.4) is 0 Å². The molecule has 0 radical (unpaired) electrons. The molecular formula is C22H20N2O6S. The number of hydrogen-bond donors (Lipinski definition) is 2. The number of amides is 1. The lowest BCUT2D eigenvalue weighted by Gasteiger charge is -2.21. The molecule has 0 aliphatic carbocycles. The van der Waals surface area contributed by atoms with Gasteiger partial charge in [0.15, 0.2) is 0 Å². The van der Waals surface area contributed by atoms with Crippen LogP contribution in [-0.4, -0.2) is 44.2 Å². The summed E-state index contributed by atoms with van der Waals surface area (Å²) in [5.74, 6) is -3.32. The Morgan fingerprint density at radius 2 is 1.68 bits per heavy atom. The Hall–Kier alpha value is -3.17. The van der Waals surface area contributed by atoms with E-state index in [-0.39, 0.29) is 4.90 Å². The van der Waals surface area contributed by atoms with E-state index >= 15 is 0 Å². The molecule has 9 heteroatoms. The fraction of sp³-hybridized carbons (Fsp3) is 0.273. The summed E-state index contributed by atoms with van der Waals surface area (Å²) >= 11 is 0. The lowest BCUT2D eigenvalue weighted by atomic mass is 9.82. The maximum absolute atomic E-state index is 13.1. The number of rotatable bonds is 5. The molecule has 0 aromatic heterocycles. The molecule has 1 fully saturated rings. The van der Waals surface area contributed by atoms with Gasteiger partial charge in [-0.05, 0) is 42.3 Å². The highest BCUT2D eigenvalue weighted by Crippen LogP contribution is 2.40. The highest BCUT2D eigenvalue weighted by atomic mass is 32.2. The van der Waals surface area contributed by atoms with Gasteiger partial charge in [0.1, 0.15) is 5.92 Å². The number of para-hydroxylation sites is 1. The molecule has 31 heavy (non-hydrogen) atoms. The number of carboxylic acids is 1. The molecule has 1 saturated heterocycles. The Kier molecular flexibility index (Phi) is 4.60. The third-order valence-corrected chi connectivity index (χ3v) is 7.87. The topological polar surface area (TPSA) is 113 Å². The average molecular weight is 440 g/mol. The number of aliphatic carboxylic acids is 1. The van der Waals surface area contributed by atoms with Crippen molar-refractivity contribution >= 4 is 33.3 Å². The van der Waals surface area contributed by atoms with Gasteiger partial charge in [-0.25, -0.2) is 8.42 Å². The number of hydrogen-bond acceptors (Lipinski definition) is 5. The van der Waals surface area contributed by atoms with Crippen LogP contribution >= 0.6 is 0 Å². The molecule has 3 aliphatic rings. The minimum Gasteiger partial charge on any atom is -0.481 e. The smallest absolute Gasteiger partial charge is 0.310 e. The Morgan fingerprint density at radius 3 is 2.39 bits per heavy atom. The van der Waals surface area contributed by atoms with Gasteiger partial charge >= 0.3 is 5.97 Å². The Balaban J connectivity index is 1.33. The van der Waals surface area contributed by atoms with Gasteiger partial charge in [0.25, 0.3) is 10.0 Å². The highest BCUT2D eigenvalue weighted by molar-refractivity contribution is 7.92. The number of carbonyl (C=O) groups is 2. The van der Waals surface area contributed by atoms with Crippen LogP contribution in [-0.2, 0) is 30.8 Å². The van der Waals surface area contributed by atoms with Crippen LogP contribution < -0.4 is 9.62 Å². The standard InChI is InChI=1S/C22H20N2O6S/c25-21(19-17-9-10-18(30-17)20(19)22(26)27)23-14-5-7-15(8-6-14)31(28,29)24-12-11-13-3-1-2-4-16(13)24/h1-10,17-20H,11-12H2,(H,23,25)(H,26,27)/t17-,18-,19+,20-/m1/s1. The summed E-state index contributed by atoms with van der Waals surface area (Å²) < 4.78 is 33.1. The maximum Gasteiger partial charge on any atom is 0.310 e. The third kappa shape index (κ3) is 3.21. The van der Waals surface area contributed by atoms with E-state index in [1.165, 1.54) is 28.6 Å². The number of carbonyl (C=O) groups excluding carboxylic acids is 1. The predicted molar refractivity (Wildman–Crippen MR) is 112 cm³/mol. The lowest BCUT2D eigenvalue weighted by Crippen LogP contribution is -2.39. The van der Waals surface area contributed by atoms with Crippen molar-refractivity contribution in [2.75, 3.05) is 16.2 Å². The summed E-state index contributed by atoms with van der Waals surface area (Å²) in [4.78, 5) is 24.4. The quantitative estimate of drug-likeness (QED) is 0.688. The van der Waals surface area contributed by atoms with Crippen molar-refractivity contribution in [2.45, 2.75) is 23.5 Å². The second-order valence-electron chi connectivity index (χ2n) is 7.81. The highest BCUT2D eigenvalue weighted by Gasteiger charge is 2.53. The summed E-state index contributed by atoms with van der Waals surface area (Å²) in [6.45, 7) is 0.383. The molecule has 3 aliphatic heterocycles. The average Bonchev–Trinajstić information content (AvgIpc) is 3.48. The first-order chi connectivity index (χ1) is 14.9. The molecule has 4 atom stereocenters. The van der Waals surface area contributed by atoms with Crippen molar-refractivity contribution < 1.29 is 27.9 Å². The molecule has 0 unspecified atom stereocenters. The van der Waals surface area contributed by atoms with Crippen LogP contribution in [0.15, 0.2) is 65.6 Å². The molecule has 160 valence electrons. The van der Waals surface area contributed by atoms with Crippen LogP contribution in [0, 0.1) is 11.8 Å². The van der Waals surface area contributed by atoms with Gasteiger partial charge < -0.3 is 15.2 Å². The van der Waals surface area contributed by atoms with Crippen molar-refractivity contribution in [1.29, 1.82) is 0 Å². The molecule has 2 bridgehead atoms. The Morgan fingerprint density at radius 1 is 1.00 bits per heavy atom. The monoisotopic (exact) mass is 440 g/mol. The molecule has 2 aromatic carbocycles. The van der Waals surface area contributed by atoms with Gasteiger partial charge in [0.05, 0.1) is 28.7 Å². The zero-order chi connectivity index (χ0) is 21.8. The van der Waals surface area contributed by atoms with E-state index in [1.54, 1.807) is 18.2 Å². The van der Waals surface area contributed by atoms with Gasteiger partial charge in [0.2, 0.25) is 5.91 Å². The summed E-state index contributed by atoms with van der Waals surface area (Å²) in [6, 6.07) is 13.3. The fourth-order valence-corrected chi connectivity index (χ4v) is 6.04. The summed E-state index contributed by atoms with van der Waals surface area (Å²) in [7, 11) is -3.73. The Bertz CT molecular complexity index is 1190. The first-order valence-corrected chi connectivity index (χ1v) is 11.4. The minimum absolute atomic E-state index is 0.122. The summed E-state index contributed by atoms with van der Waals surface area (Å²) in [5.41, 5.74) is 2.07. The number of sulfonamides is 1. The molecule has 3 heterocycles. The molecular weight excluding hydrogens is 420 g/mol. The number of anilines is 2. The van der Waals surface area contributed by atoms with Crippen LogP contribution in [0.25, 0.3) is 0 Å². The fourth-order valence-electron chi connectivity index (χ4n) is 4.54. The number of fused-ring (bicyclic) bond motifs is 3. The number of nitrogens with zero attached hydrogens (tertiary/aromatic N) is 1.